The summed E-state index contributed by atoms with van der Waals surface area (Å²) in [5, 5.41) is 2.87. The largest absolute Gasteiger partial charge is 0.497 e. The van der Waals surface area contributed by atoms with E-state index in [1.165, 1.54) is 5.56 Å². The monoisotopic (exact) mass is 445 g/mol. The lowest BCUT2D eigenvalue weighted by Gasteiger charge is -2.19. The average Bonchev–Trinajstić information content (AvgIpc) is 2.82. The van der Waals surface area contributed by atoms with E-state index in [1.807, 2.05) is 31.2 Å². The van der Waals surface area contributed by atoms with Crippen LogP contribution in [0.4, 0.5) is 5.69 Å². The molecule has 3 aromatic carbocycles. The molecule has 0 unspecified atom stereocenters. The summed E-state index contributed by atoms with van der Waals surface area (Å²) in [5.74, 6) is 0.940. The number of carbonyl (C=O) groups excluding carboxylic acids is 2. The number of carbonyl (C=O) groups is 2. The Labute approximate surface area is 195 Å². The lowest BCUT2D eigenvalue weighted by molar-refractivity contribution is -0.122. The molecule has 1 atom stereocenters. The Morgan fingerprint density at radius 3 is 2.09 bits per heavy atom. The van der Waals surface area contributed by atoms with Crippen LogP contribution >= 0.6 is 0 Å². The number of hydrogen-bond donors (Lipinski definition) is 1. The fourth-order valence-electron chi connectivity index (χ4n) is 3.39. The minimum absolute atomic E-state index is 0.0233. The second kappa shape index (κ2) is 10.3. The van der Waals surface area contributed by atoms with Gasteiger partial charge in [-0.3, -0.25) is 9.59 Å². The smallest absolute Gasteiger partial charge is 0.265 e. The van der Waals surface area contributed by atoms with Gasteiger partial charge in [0.2, 0.25) is 0 Å². The molecule has 0 bridgehead atoms. The molecule has 3 aromatic rings. The summed E-state index contributed by atoms with van der Waals surface area (Å²) < 4.78 is 11.0. The number of benzene rings is 3. The van der Waals surface area contributed by atoms with Gasteiger partial charge >= 0.3 is 0 Å². The van der Waals surface area contributed by atoms with Crippen LogP contribution in [0.15, 0.2) is 72.8 Å². The molecule has 3 rings (SSSR count). The predicted octanol–water partition coefficient (Wildman–Crippen LogP) is 6.02. The molecule has 172 valence electrons. The lowest BCUT2D eigenvalue weighted by Crippen LogP contribution is -2.32. The van der Waals surface area contributed by atoms with E-state index in [1.54, 1.807) is 55.6 Å². The van der Waals surface area contributed by atoms with Crippen molar-refractivity contribution < 1.29 is 19.1 Å². The molecule has 1 N–H and O–H groups in total. The summed E-state index contributed by atoms with van der Waals surface area (Å²) in [4.78, 5) is 25.8. The SMILES string of the molecule is CC[C@@H](Oc1ccc(OC)cc1)C(=O)Nc1cccc(C(=O)c2ccc(C(C)(C)C)cc2)c1. The van der Waals surface area contributed by atoms with E-state index in [-0.39, 0.29) is 17.1 Å². The summed E-state index contributed by atoms with van der Waals surface area (Å²) in [6.07, 6.45) is -0.168. The number of methoxy groups -OCH3 is 1. The number of ketones is 1. The van der Waals surface area contributed by atoms with Gasteiger partial charge in [-0.1, -0.05) is 64.1 Å². The van der Waals surface area contributed by atoms with Gasteiger partial charge in [-0.2, -0.15) is 0 Å². The highest BCUT2D eigenvalue weighted by molar-refractivity contribution is 6.09. The topological polar surface area (TPSA) is 64.6 Å². The number of ether oxygens (including phenoxy) is 2. The van der Waals surface area contributed by atoms with Crippen molar-refractivity contribution in [3.63, 3.8) is 0 Å². The molecule has 0 spiro atoms. The van der Waals surface area contributed by atoms with Crippen molar-refractivity contribution in [2.75, 3.05) is 12.4 Å². The van der Waals surface area contributed by atoms with Crippen LogP contribution in [-0.2, 0) is 10.2 Å². The zero-order valence-corrected chi connectivity index (χ0v) is 19.8. The van der Waals surface area contributed by atoms with Gasteiger partial charge in [0.15, 0.2) is 11.9 Å². The van der Waals surface area contributed by atoms with Crippen LogP contribution in [0.5, 0.6) is 11.5 Å². The van der Waals surface area contributed by atoms with E-state index >= 15 is 0 Å². The van der Waals surface area contributed by atoms with Gasteiger partial charge in [0.25, 0.3) is 5.91 Å². The highest BCUT2D eigenvalue weighted by atomic mass is 16.5. The third kappa shape index (κ3) is 6.22. The maximum Gasteiger partial charge on any atom is 0.265 e. The molecular weight excluding hydrogens is 414 g/mol. The maximum absolute atomic E-state index is 13.0. The van der Waals surface area contributed by atoms with Crippen LogP contribution in [0.2, 0.25) is 0 Å². The first-order chi connectivity index (χ1) is 15.7. The molecule has 0 saturated heterocycles. The third-order valence-corrected chi connectivity index (χ3v) is 5.41. The number of anilines is 1. The van der Waals surface area contributed by atoms with Gasteiger partial charge in [-0.25, -0.2) is 0 Å². The molecule has 1 amide bonds. The fourth-order valence-corrected chi connectivity index (χ4v) is 3.39. The van der Waals surface area contributed by atoms with Gasteiger partial charge in [0.05, 0.1) is 7.11 Å². The minimum atomic E-state index is -0.664. The summed E-state index contributed by atoms with van der Waals surface area (Å²) in [6.45, 7) is 8.29. The van der Waals surface area contributed by atoms with Crippen molar-refractivity contribution in [3.05, 3.63) is 89.5 Å². The molecule has 0 radical (unpaired) electrons. The van der Waals surface area contributed by atoms with Crippen molar-refractivity contribution in [1.82, 2.24) is 0 Å². The second-order valence-electron chi connectivity index (χ2n) is 8.92. The molecule has 0 fully saturated rings. The average molecular weight is 446 g/mol. The van der Waals surface area contributed by atoms with E-state index < -0.39 is 6.10 Å². The van der Waals surface area contributed by atoms with Gasteiger partial charge in [0.1, 0.15) is 11.5 Å². The summed E-state index contributed by atoms with van der Waals surface area (Å²) in [7, 11) is 1.60. The Morgan fingerprint density at radius 2 is 1.52 bits per heavy atom. The van der Waals surface area contributed by atoms with E-state index in [2.05, 4.69) is 26.1 Å². The van der Waals surface area contributed by atoms with Crippen LogP contribution in [0.25, 0.3) is 0 Å². The number of hydrogen-bond acceptors (Lipinski definition) is 4. The zero-order valence-electron chi connectivity index (χ0n) is 19.8. The van der Waals surface area contributed by atoms with Crippen molar-refractivity contribution in [2.45, 2.75) is 45.6 Å². The first-order valence-electron chi connectivity index (χ1n) is 11.1. The Hall–Kier alpha value is -3.60. The standard InChI is InChI=1S/C28H31NO4/c1-6-25(33-24-16-14-23(32-5)15-17-24)27(31)29-22-9-7-8-20(18-22)26(30)19-10-12-21(13-11-19)28(2,3)4/h7-18,25H,6H2,1-5H3,(H,29,31)/t25-/m1/s1. The van der Waals surface area contributed by atoms with Crippen LogP contribution in [0.3, 0.4) is 0 Å². The van der Waals surface area contributed by atoms with E-state index in [0.29, 0.717) is 29.0 Å². The number of nitrogens with one attached hydrogen (secondary N) is 1. The second-order valence-corrected chi connectivity index (χ2v) is 8.92. The highest BCUT2D eigenvalue weighted by Crippen LogP contribution is 2.24. The molecule has 0 aromatic heterocycles. The lowest BCUT2D eigenvalue weighted by atomic mass is 9.86. The van der Waals surface area contributed by atoms with Gasteiger partial charge < -0.3 is 14.8 Å². The van der Waals surface area contributed by atoms with Gasteiger partial charge in [0, 0.05) is 16.8 Å². The third-order valence-electron chi connectivity index (χ3n) is 5.41. The minimum Gasteiger partial charge on any atom is -0.497 e. The molecule has 0 aliphatic carbocycles. The van der Waals surface area contributed by atoms with Crippen LogP contribution < -0.4 is 14.8 Å². The molecule has 33 heavy (non-hydrogen) atoms. The normalized spacial score (nSPS) is 12.0. The molecule has 0 aliphatic rings. The van der Waals surface area contributed by atoms with Gasteiger partial charge in [-0.15, -0.1) is 0 Å². The van der Waals surface area contributed by atoms with Crippen molar-refractivity contribution >= 4 is 17.4 Å². The highest BCUT2D eigenvalue weighted by Gasteiger charge is 2.20. The Balaban J connectivity index is 1.70. The van der Waals surface area contributed by atoms with Crippen molar-refractivity contribution in [3.8, 4) is 11.5 Å². The van der Waals surface area contributed by atoms with E-state index in [4.69, 9.17) is 9.47 Å². The number of rotatable bonds is 8. The molecule has 0 aliphatic heterocycles. The van der Waals surface area contributed by atoms with Crippen molar-refractivity contribution in [1.29, 1.82) is 0 Å². The first kappa shape index (κ1) is 24.1. The Bertz CT molecular complexity index is 1100. The predicted molar refractivity (Wildman–Crippen MR) is 131 cm³/mol. The summed E-state index contributed by atoms with van der Waals surface area (Å²) in [5.41, 5.74) is 2.87. The van der Waals surface area contributed by atoms with Crippen LogP contribution in [0, 0.1) is 0 Å². The molecule has 5 nitrogen and oxygen atoms in total. The Kier molecular flexibility index (Phi) is 7.54. The number of amides is 1. The van der Waals surface area contributed by atoms with Crippen LogP contribution in [0.1, 0.15) is 55.6 Å². The zero-order chi connectivity index (χ0) is 24.0. The van der Waals surface area contributed by atoms with Gasteiger partial charge in [-0.05, 0) is 53.8 Å². The quantitative estimate of drug-likeness (QED) is 0.431. The van der Waals surface area contributed by atoms with Crippen molar-refractivity contribution in [2.24, 2.45) is 0 Å². The molecular formula is C28H31NO4. The Morgan fingerprint density at radius 1 is 0.879 bits per heavy atom. The first-order valence-corrected chi connectivity index (χ1v) is 11.1. The van der Waals surface area contributed by atoms with E-state index in [9.17, 15) is 9.59 Å². The maximum atomic E-state index is 13.0. The molecule has 0 heterocycles. The molecule has 0 saturated carbocycles. The summed E-state index contributed by atoms with van der Waals surface area (Å²) >= 11 is 0. The molecule has 5 heteroatoms. The van der Waals surface area contributed by atoms with E-state index in [0.717, 1.165) is 5.75 Å². The fraction of sp³-hybridized carbons (Fsp3) is 0.286. The summed E-state index contributed by atoms with van der Waals surface area (Å²) in [6, 6.07) is 21.7. The van der Waals surface area contributed by atoms with Crippen LogP contribution in [-0.4, -0.2) is 24.9 Å².